The number of rotatable bonds is 7. The third-order valence-corrected chi connectivity index (χ3v) is 5.86. The quantitative estimate of drug-likeness (QED) is 0.359. The Labute approximate surface area is 199 Å². The minimum Gasteiger partial charge on any atom is -0.493 e. The molecule has 4 aromatic rings. The molecule has 2 aromatic heterocycles. The molecule has 0 aliphatic carbocycles. The minimum absolute atomic E-state index is 0.0452. The Morgan fingerprint density at radius 1 is 1.09 bits per heavy atom. The first-order chi connectivity index (χ1) is 17.0. The number of methoxy groups -OCH3 is 1. The molecular formula is C26H22FN3O5. The first-order valence-corrected chi connectivity index (χ1v) is 11.2. The first kappa shape index (κ1) is 22.5. The monoisotopic (exact) mass is 475 g/mol. The lowest BCUT2D eigenvalue weighted by Gasteiger charge is -2.23. The summed E-state index contributed by atoms with van der Waals surface area (Å²) in [6.07, 6.45) is 4.88. The second-order valence-corrected chi connectivity index (χ2v) is 8.05. The summed E-state index contributed by atoms with van der Waals surface area (Å²) in [5, 5.41) is 0.0452. The summed E-state index contributed by atoms with van der Waals surface area (Å²) < 4.78 is 31.2. The number of benzene rings is 2. The molecule has 0 spiro atoms. The second kappa shape index (κ2) is 9.17. The van der Waals surface area contributed by atoms with Crippen molar-refractivity contribution in [1.29, 1.82) is 0 Å². The number of carbonyl (C=O) groups is 1. The zero-order chi connectivity index (χ0) is 24.5. The summed E-state index contributed by atoms with van der Waals surface area (Å²) in [4.78, 5) is 36.9. The number of amides is 1. The van der Waals surface area contributed by atoms with Crippen LogP contribution in [-0.2, 0) is 0 Å². The van der Waals surface area contributed by atoms with Gasteiger partial charge in [-0.25, -0.2) is 14.4 Å². The average Bonchev–Trinajstić information content (AvgIpc) is 3.17. The molecule has 178 valence electrons. The lowest BCUT2D eigenvalue weighted by molar-refractivity contribution is 0.0969. The lowest BCUT2D eigenvalue weighted by Crippen LogP contribution is -2.31. The number of nitrogens with zero attached hydrogens (tertiary/aromatic N) is 3. The van der Waals surface area contributed by atoms with Crippen LogP contribution in [0, 0.1) is 5.82 Å². The molecule has 3 heterocycles. The Balaban J connectivity index is 1.71. The highest BCUT2D eigenvalue weighted by atomic mass is 19.1. The van der Waals surface area contributed by atoms with Crippen LogP contribution in [0.3, 0.4) is 0 Å². The Morgan fingerprint density at radius 3 is 2.63 bits per heavy atom. The van der Waals surface area contributed by atoms with Gasteiger partial charge in [0.05, 0.1) is 30.7 Å². The van der Waals surface area contributed by atoms with E-state index in [0.717, 1.165) is 18.9 Å². The molecule has 0 saturated heterocycles. The second-order valence-electron chi connectivity index (χ2n) is 8.05. The molecule has 8 nitrogen and oxygen atoms in total. The van der Waals surface area contributed by atoms with Crippen molar-refractivity contribution in [2.24, 2.45) is 0 Å². The van der Waals surface area contributed by atoms with Crippen molar-refractivity contribution in [3.05, 3.63) is 87.8 Å². The van der Waals surface area contributed by atoms with E-state index < -0.39 is 23.2 Å². The number of fused-ring (bicyclic) bond motifs is 2. The lowest BCUT2D eigenvalue weighted by atomic mass is 9.98. The van der Waals surface area contributed by atoms with E-state index >= 15 is 0 Å². The highest BCUT2D eigenvalue weighted by Gasteiger charge is 2.45. The van der Waals surface area contributed by atoms with Gasteiger partial charge in [-0.2, -0.15) is 0 Å². The van der Waals surface area contributed by atoms with Crippen LogP contribution in [0.1, 0.15) is 47.5 Å². The zero-order valence-electron chi connectivity index (χ0n) is 19.2. The third-order valence-electron chi connectivity index (χ3n) is 5.86. The van der Waals surface area contributed by atoms with Crippen LogP contribution in [0.5, 0.6) is 11.5 Å². The van der Waals surface area contributed by atoms with E-state index in [2.05, 4.69) is 16.9 Å². The van der Waals surface area contributed by atoms with E-state index in [1.54, 1.807) is 24.3 Å². The Morgan fingerprint density at radius 2 is 1.89 bits per heavy atom. The molecule has 0 radical (unpaired) electrons. The average molecular weight is 475 g/mol. The van der Waals surface area contributed by atoms with Crippen molar-refractivity contribution in [3.8, 4) is 11.5 Å². The largest absolute Gasteiger partial charge is 0.493 e. The summed E-state index contributed by atoms with van der Waals surface area (Å²) in [6.45, 7) is 2.60. The highest BCUT2D eigenvalue weighted by Crippen LogP contribution is 2.42. The van der Waals surface area contributed by atoms with Gasteiger partial charge in [0.15, 0.2) is 16.9 Å². The van der Waals surface area contributed by atoms with E-state index in [4.69, 9.17) is 13.9 Å². The number of anilines is 1. The van der Waals surface area contributed by atoms with Crippen LogP contribution in [-0.4, -0.2) is 29.6 Å². The van der Waals surface area contributed by atoms with Crippen LogP contribution in [0.2, 0.25) is 0 Å². The Bertz CT molecular complexity index is 1470. The van der Waals surface area contributed by atoms with Gasteiger partial charge in [-0.3, -0.25) is 14.5 Å². The van der Waals surface area contributed by atoms with Crippen LogP contribution in [0.15, 0.2) is 64.1 Å². The molecule has 1 amide bonds. The van der Waals surface area contributed by atoms with Gasteiger partial charge in [0, 0.05) is 12.4 Å². The molecule has 0 fully saturated rings. The van der Waals surface area contributed by atoms with Crippen molar-refractivity contribution in [2.75, 3.05) is 18.6 Å². The summed E-state index contributed by atoms with van der Waals surface area (Å²) in [5.74, 6) is -0.181. The smallest absolute Gasteiger partial charge is 0.297 e. The van der Waals surface area contributed by atoms with Crippen molar-refractivity contribution in [3.63, 3.8) is 0 Å². The van der Waals surface area contributed by atoms with Crippen LogP contribution in [0.4, 0.5) is 10.3 Å². The van der Waals surface area contributed by atoms with Gasteiger partial charge in [-0.15, -0.1) is 0 Å². The third kappa shape index (κ3) is 3.88. The number of halogens is 1. The maximum atomic E-state index is 14.0. The summed E-state index contributed by atoms with van der Waals surface area (Å²) in [6, 6.07) is 9.52. The fraction of sp³-hybridized carbons (Fsp3) is 0.231. The summed E-state index contributed by atoms with van der Waals surface area (Å²) in [5.41, 5.74) is 0.268. The van der Waals surface area contributed by atoms with Gasteiger partial charge < -0.3 is 13.9 Å². The van der Waals surface area contributed by atoms with Crippen LogP contribution in [0.25, 0.3) is 11.0 Å². The van der Waals surface area contributed by atoms with Crippen LogP contribution < -0.4 is 19.8 Å². The molecule has 0 saturated carbocycles. The maximum Gasteiger partial charge on any atom is 0.297 e. The van der Waals surface area contributed by atoms with E-state index in [1.165, 1.54) is 36.5 Å². The van der Waals surface area contributed by atoms with Gasteiger partial charge in [0.1, 0.15) is 11.4 Å². The number of carbonyl (C=O) groups excluding carboxylic acids is 1. The standard InChI is InChI=1S/C26H22FN3O5/c1-3-4-12-34-19-8-6-15(13-20(19)33-2)22-21-23(31)17-14-16(27)7-9-18(17)35-24(21)25(32)30(22)26-28-10-5-11-29-26/h5-11,13-14,22H,3-4,12H2,1-2H3. The van der Waals surface area contributed by atoms with E-state index in [9.17, 15) is 14.0 Å². The topological polar surface area (TPSA) is 94.8 Å². The molecule has 1 atom stereocenters. The number of hydrogen-bond acceptors (Lipinski definition) is 7. The zero-order valence-corrected chi connectivity index (χ0v) is 19.2. The predicted molar refractivity (Wildman–Crippen MR) is 127 cm³/mol. The van der Waals surface area contributed by atoms with Crippen LogP contribution >= 0.6 is 0 Å². The van der Waals surface area contributed by atoms with Crippen molar-refractivity contribution in [1.82, 2.24) is 9.97 Å². The summed E-state index contributed by atoms with van der Waals surface area (Å²) in [7, 11) is 1.52. The van der Waals surface area contributed by atoms with Gasteiger partial charge >= 0.3 is 0 Å². The van der Waals surface area contributed by atoms with Crippen molar-refractivity contribution in [2.45, 2.75) is 25.8 Å². The number of ether oxygens (including phenoxy) is 2. The predicted octanol–water partition coefficient (Wildman–Crippen LogP) is 4.66. The van der Waals surface area contributed by atoms with Gasteiger partial charge in [-0.1, -0.05) is 19.4 Å². The SMILES string of the molecule is CCCCOc1ccc(C2c3c(oc4ccc(F)cc4c3=O)C(=O)N2c2ncccn2)cc1OC. The Hall–Kier alpha value is -4.27. The number of hydrogen-bond donors (Lipinski definition) is 0. The molecule has 1 aliphatic heterocycles. The molecule has 5 rings (SSSR count). The Kier molecular flexibility index (Phi) is 5.90. The van der Waals surface area contributed by atoms with Gasteiger partial charge in [0.25, 0.3) is 5.91 Å². The fourth-order valence-corrected chi connectivity index (χ4v) is 4.18. The minimum atomic E-state index is -0.914. The van der Waals surface area contributed by atoms with Crippen molar-refractivity contribution < 1.29 is 23.1 Å². The number of aromatic nitrogens is 2. The number of unbranched alkanes of at least 4 members (excludes halogenated alkanes) is 1. The molecule has 9 heteroatoms. The van der Waals surface area contributed by atoms with Gasteiger partial charge in [-0.05, 0) is 48.4 Å². The fourth-order valence-electron chi connectivity index (χ4n) is 4.18. The van der Waals surface area contributed by atoms with E-state index in [0.29, 0.717) is 23.7 Å². The maximum absolute atomic E-state index is 14.0. The normalized spacial score (nSPS) is 14.9. The molecule has 0 bridgehead atoms. The first-order valence-electron chi connectivity index (χ1n) is 11.2. The molecule has 2 aromatic carbocycles. The summed E-state index contributed by atoms with van der Waals surface area (Å²) >= 11 is 0. The highest BCUT2D eigenvalue weighted by molar-refractivity contribution is 6.09. The molecule has 0 N–H and O–H groups in total. The molecule has 35 heavy (non-hydrogen) atoms. The molecular weight excluding hydrogens is 453 g/mol. The van der Waals surface area contributed by atoms with Gasteiger partial charge in [0.2, 0.25) is 11.7 Å². The molecule has 1 unspecified atom stereocenters. The van der Waals surface area contributed by atoms with E-state index in [-0.39, 0.29) is 28.2 Å². The van der Waals surface area contributed by atoms with Crippen molar-refractivity contribution >= 4 is 22.8 Å². The molecule has 1 aliphatic rings. The van der Waals surface area contributed by atoms with E-state index in [1.807, 2.05) is 0 Å².